The number of ether oxygens (including phenoxy) is 2. The van der Waals surface area contributed by atoms with Gasteiger partial charge in [0.2, 0.25) is 5.91 Å². The van der Waals surface area contributed by atoms with Gasteiger partial charge in [-0.05, 0) is 31.9 Å². The molecule has 0 bridgehead atoms. The van der Waals surface area contributed by atoms with E-state index in [0.717, 1.165) is 22.6 Å². The van der Waals surface area contributed by atoms with E-state index in [1.807, 2.05) is 19.1 Å². The third-order valence-corrected chi connectivity index (χ3v) is 4.66. The SMILES string of the molecule is C=C(OCC)c1ccc([C@H]2C[C@@H](C(=O)NC)CCO2)s1. The fourth-order valence-electron chi connectivity index (χ4n) is 2.36. The zero-order valence-electron chi connectivity index (χ0n) is 12.0. The Bertz CT molecular complexity index is 483. The van der Waals surface area contributed by atoms with Crippen LogP contribution in [0, 0.1) is 5.92 Å². The largest absolute Gasteiger partial charge is 0.493 e. The van der Waals surface area contributed by atoms with Crippen molar-refractivity contribution < 1.29 is 14.3 Å². The fourth-order valence-corrected chi connectivity index (χ4v) is 3.35. The fraction of sp³-hybridized carbons (Fsp3) is 0.533. The van der Waals surface area contributed by atoms with Gasteiger partial charge >= 0.3 is 0 Å². The predicted molar refractivity (Wildman–Crippen MR) is 80.5 cm³/mol. The summed E-state index contributed by atoms with van der Waals surface area (Å²) in [6.07, 6.45) is 1.53. The quantitative estimate of drug-likeness (QED) is 0.850. The number of amides is 1. The molecule has 1 aromatic rings. The summed E-state index contributed by atoms with van der Waals surface area (Å²) in [4.78, 5) is 13.9. The predicted octanol–water partition coefficient (Wildman–Crippen LogP) is 2.97. The summed E-state index contributed by atoms with van der Waals surface area (Å²) in [5.74, 6) is 0.843. The lowest BCUT2D eigenvalue weighted by molar-refractivity contribution is -0.129. The van der Waals surface area contributed by atoms with E-state index in [9.17, 15) is 4.79 Å². The molecule has 4 nitrogen and oxygen atoms in total. The van der Waals surface area contributed by atoms with Gasteiger partial charge in [-0.3, -0.25) is 4.79 Å². The van der Waals surface area contributed by atoms with Gasteiger partial charge in [-0.2, -0.15) is 0 Å². The van der Waals surface area contributed by atoms with Crippen LogP contribution in [0.3, 0.4) is 0 Å². The van der Waals surface area contributed by atoms with E-state index in [1.54, 1.807) is 18.4 Å². The first-order valence-electron chi connectivity index (χ1n) is 6.90. The van der Waals surface area contributed by atoms with Crippen molar-refractivity contribution in [1.29, 1.82) is 0 Å². The Kier molecular flexibility index (Phi) is 5.20. The summed E-state index contributed by atoms with van der Waals surface area (Å²) in [7, 11) is 1.68. The first kappa shape index (κ1) is 15.1. The molecule has 0 aromatic carbocycles. The summed E-state index contributed by atoms with van der Waals surface area (Å²) in [6, 6.07) is 4.05. The van der Waals surface area contributed by atoms with Crippen molar-refractivity contribution >= 4 is 23.0 Å². The maximum absolute atomic E-state index is 11.7. The van der Waals surface area contributed by atoms with Gasteiger partial charge in [0.15, 0.2) is 0 Å². The molecule has 1 saturated heterocycles. The van der Waals surface area contributed by atoms with Gasteiger partial charge in [0.25, 0.3) is 0 Å². The summed E-state index contributed by atoms with van der Waals surface area (Å²) < 4.78 is 11.2. The Balaban J connectivity index is 2.04. The molecule has 1 amide bonds. The molecule has 0 unspecified atom stereocenters. The number of rotatable bonds is 5. The molecule has 0 spiro atoms. The van der Waals surface area contributed by atoms with Crippen LogP contribution in [0.15, 0.2) is 18.7 Å². The van der Waals surface area contributed by atoms with Gasteiger partial charge in [-0.15, -0.1) is 11.3 Å². The highest BCUT2D eigenvalue weighted by molar-refractivity contribution is 7.13. The monoisotopic (exact) mass is 295 g/mol. The summed E-state index contributed by atoms with van der Waals surface area (Å²) >= 11 is 1.63. The first-order valence-corrected chi connectivity index (χ1v) is 7.72. The number of carbonyl (C=O) groups is 1. The Morgan fingerprint density at radius 2 is 2.40 bits per heavy atom. The minimum absolute atomic E-state index is 0.000716. The van der Waals surface area contributed by atoms with Gasteiger partial charge in [0.1, 0.15) is 5.76 Å². The molecule has 110 valence electrons. The zero-order valence-corrected chi connectivity index (χ0v) is 12.8. The second kappa shape index (κ2) is 6.90. The molecule has 1 fully saturated rings. The smallest absolute Gasteiger partial charge is 0.223 e. The third kappa shape index (κ3) is 3.41. The van der Waals surface area contributed by atoms with Crippen LogP contribution in [-0.2, 0) is 14.3 Å². The molecule has 2 atom stereocenters. The van der Waals surface area contributed by atoms with Gasteiger partial charge in [0, 0.05) is 24.4 Å². The maximum atomic E-state index is 11.7. The highest BCUT2D eigenvalue weighted by Gasteiger charge is 2.29. The molecule has 0 radical (unpaired) electrons. The topological polar surface area (TPSA) is 47.6 Å². The Labute approximate surface area is 123 Å². The van der Waals surface area contributed by atoms with E-state index < -0.39 is 0 Å². The summed E-state index contributed by atoms with van der Waals surface area (Å²) in [6.45, 7) is 7.10. The number of hydrogen-bond acceptors (Lipinski definition) is 4. The number of hydrogen-bond donors (Lipinski definition) is 1. The van der Waals surface area contributed by atoms with Crippen molar-refractivity contribution in [2.75, 3.05) is 20.3 Å². The van der Waals surface area contributed by atoms with Gasteiger partial charge in [-0.25, -0.2) is 0 Å². The standard InChI is InChI=1S/C15H21NO3S/c1-4-18-10(2)13-5-6-14(20-13)12-9-11(7-8-19-12)15(17)16-3/h5-6,11-12H,2,4,7-9H2,1,3H3,(H,16,17)/t11-,12+/m0/s1. The third-order valence-electron chi connectivity index (χ3n) is 3.44. The van der Waals surface area contributed by atoms with Crippen molar-refractivity contribution in [1.82, 2.24) is 5.32 Å². The number of carbonyl (C=O) groups excluding carboxylic acids is 1. The molecule has 2 rings (SSSR count). The Morgan fingerprint density at radius 3 is 3.10 bits per heavy atom. The maximum Gasteiger partial charge on any atom is 0.223 e. The average molecular weight is 295 g/mol. The molecule has 0 saturated carbocycles. The minimum Gasteiger partial charge on any atom is -0.493 e. The molecule has 1 aliphatic heterocycles. The van der Waals surface area contributed by atoms with E-state index in [-0.39, 0.29) is 17.9 Å². The molecule has 1 N–H and O–H groups in total. The van der Waals surface area contributed by atoms with Crippen molar-refractivity contribution in [2.45, 2.75) is 25.9 Å². The average Bonchev–Trinajstić information content (AvgIpc) is 2.97. The lowest BCUT2D eigenvalue weighted by Gasteiger charge is -2.27. The molecular formula is C15H21NO3S. The lowest BCUT2D eigenvalue weighted by atomic mass is 9.94. The Morgan fingerprint density at radius 1 is 1.60 bits per heavy atom. The van der Waals surface area contributed by atoms with Crippen LogP contribution < -0.4 is 5.32 Å². The van der Waals surface area contributed by atoms with Crippen LogP contribution in [0.5, 0.6) is 0 Å². The van der Waals surface area contributed by atoms with Crippen LogP contribution in [0.25, 0.3) is 5.76 Å². The molecule has 0 aliphatic carbocycles. The number of nitrogens with one attached hydrogen (secondary N) is 1. The molecule has 20 heavy (non-hydrogen) atoms. The lowest BCUT2D eigenvalue weighted by Crippen LogP contribution is -2.32. The van der Waals surface area contributed by atoms with Gasteiger partial charge in [-0.1, -0.05) is 6.58 Å². The molecule has 1 aliphatic rings. The van der Waals surface area contributed by atoms with Crippen LogP contribution in [0.1, 0.15) is 35.6 Å². The van der Waals surface area contributed by atoms with Gasteiger partial charge < -0.3 is 14.8 Å². The van der Waals surface area contributed by atoms with E-state index in [4.69, 9.17) is 9.47 Å². The normalized spacial score (nSPS) is 22.3. The van der Waals surface area contributed by atoms with Crippen molar-refractivity contribution in [2.24, 2.45) is 5.92 Å². The van der Waals surface area contributed by atoms with Crippen LogP contribution in [0.2, 0.25) is 0 Å². The van der Waals surface area contributed by atoms with Crippen LogP contribution in [0.4, 0.5) is 0 Å². The molecule has 5 heteroatoms. The van der Waals surface area contributed by atoms with E-state index in [2.05, 4.69) is 11.9 Å². The zero-order chi connectivity index (χ0) is 14.5. The second-order valence-electron chi connectivity index (χ2n) is 4.75. The first-order chi connectivity index (χ1) is 9.65. The van der Waals surface area contributed by atoms with Crippen LogP contribution in [-0.4, -0.2) is 26.2 Å². The van der Waals surface area contributed by atoms with Crippen LogP contribution >= 0.6 is 11.3 Å². The van der Waals surface area contributed by atoms with Gasteiger partial charge in [0.05, 0.1) is 17.6 Å². The van der Waals surface area contributed by atoms with Crippen molar-refractivity contribution in [3.8, 4) is 0 Å². The highest BCUT2D eigenvalue weighted by atomic mass is 32.1. The minimum atomic E-state index is -0.000716. The summed E-state index contributed by atoms with van der Waals surface area (Å²) in [5, 5.41) is 2.72. The van der Waals surface area contributed by atoms with Crippen molar-refractivity contribution in [3.05, 3.63) is 28.5 Å². The molecule has 1 aromatic heterocycles. The van der Waals surface area contributed by atoms with E-state index in [1.165, 1.54) is 0 Å². The summed E-state index contributed by atoms with van der Waals surface area (Å²) in [5.41, 5.74) is 0. The molecule has 2 heterocycles. The van der Waals surface area contributed by atoms with Crippen molar-refractivity contribution in [3.63, 3.8) is 0 Å². The Hall–Kier alpha value is -1.33. The highest BCUT2D eigenvalue weighted by Crippen LogP contribution is 2.36. The molecular weight excluding hydrogens is 274 g/mol. The second-order valence-corrected chi connectivity index (χ2v) is 5.87. The number of thiophene rings is 1. The van der Waals surface area contributed by atoms with E-state index >= 15 is 0 Å². The van der Waals surface area contributed by atoms with E-state index in [0.29, 0.717) is 19.0 Å².